The number of amides is 1. The van der Waals surface area contributed by atoms with Gasteiger partial charge >= 0.3 is 0 Å². The monoisotopic (exact) mass is 311 g/mol. The number of hydrogen-bond acceptors (Lipinski definition) is 2. The SMILES string of the molecule is CCc1ccccc1O[C@@H](C)C(=O)NC[C@@H](C)c1ccccc1. The van der Waals surface area contributed by atoms with E-state index in [-0.39, 0.29) is 11.8 Å². The number of ether oxygens (including phenoxy) is 1. The van der Waals surface area contributed by atoms with Crippen molar-refractivity contribution in [3.05, 3.63) is 65.7 Å². The number of nitrogens with one attached hydrogen (secondary N) is 1. The van der Waals surface area contributed by atoms with Gasteiger partial charge in [0.2, 0.25) is 0 Å². The van der Waals surface area contributed by atoms with E-state index >= 15 is 0 Å². The Balaban J connectivity index is 1.88. The van der Waals surface area contributed by atoms with E-state index in [0.29, 0.717) is 6.54 Å². The second kappa shape index (κ2) is 8.37. The molecule has 2 atom stereocenters. The summed E-state index contributed by atoms with van der Waals surface area (Å²) in [5.41, 5.74) is 2.34. The highest BCUT2D eigenvalue weighted by Gasteiger charge is 2.16. The van der Waals surface area contributed by atoms with Crippen molar-refractivity contribution in [2.24, 2.45) is 0 Å². The Hall–Kier alpha value is -2.29. The van der Waals surface area contributed by atoms with Crippen LogP contribution in [0, 0.1) is 0 Å². The van der Waals surface area contributed by atoms with Crippen molar-refractivity contribution < 1.29 is 9.53 Å². The molecule has 0 aliphatic carbocycles. The molecule has 0 radical (unpaired) electrons. The van der Waals surface area contributed by atoms with E-state index in [9.17, 15) is 4.79 Å². The molecular formula is C20H25NO2. The third-order valence-electron chi connectivity index (χ3n) is 3.98. The second-order valence-electron chi connectivity index (χ2n) is 5.78. The summed E-state index contributed by atoms with van der Waals surface area (Å²) in [6.07, 6.45) is 0.376. The van der Waals surface area contributed by atoms with Crippen LogP contribution in [0.3, 0.4) is 0 Å². The molecule has 0 fully saturated rings. The van der Waals surface area contributed by atoms with Gasteiger partial charge in [-0.3, -0.25) is 4.79 Å². The highest BCUT2D eigenvalue weighted by atomic mass is 16.5. The number of benzene rings is 2. The molecule has 0 aliphatic heterocycles. The van der Waals surface area contributed by atoms with Gasteiger partial charge in [0.05, 0.1) is 0 Å². The predicted octanol–water partition coefficient (Wildman–Crippen LogP) is 3.94. The Bertz CT molecular complexity index is 625. The topological polar surface area (TPSA) is 38.3 Å². The smallest absolute Gasteiger partial charge is 0.260 e. The van der Waals surface area contributed by atoms with Crippen molar-refractivity contribution in [3.63, 3.8) is 0 Å². The number of para-hydroxylation sites is 1. The molecule has 3 heteroatoms. The number of rotatable bonds is 7. The maximum atomic E-state index is 12.2. The quantitative estimate of drug-likeness (QED) is 0.841. The highest BCUT2D eigenvalue weighted by Crippen LogP contribution is 2.20. The van der Waals surface area contributed by atoms with E-state index in [4.69, 9.17) is 4.74 Å². The van der Waals surface area contributed by atoms with Crippen molar-refractivity contribution in [1.82, 2.24) is 5.32 Å². The van der Waals surface area contributed by atoms with Gasteiger partial charge in [-0.1, -0.05) is 62.4 Å². The van der Waals surface area contributed by atoms with E-state index in [1.165, 1.54) is 5.56 Å². The average molecular weight is 311 g/mol. The summed E-state index contributed by atoms with van der Waals surface area (Å²) in [5.74, 6) is 0.975. The fourth-order valence-electron chi connectivity index (χ4n) is 2.45. The van der Waals surface area contributed by atoms with Gasteiger partial charge in [-0.15, -0.1) is 0 Å². The van der Waals surface area contributed by atoms with Crippen LogP contribution in [0.5, 0.6) is 5.75 Å². The van der Waals surface area contributed by atoms with Gasteiger partial charge in [0.15, 0.2) is 6.10 Å². The van der Waals surface area contributed by atoms with Crippen LogP contribution in [0.2, 0.25) is 0 Å². The van der Waals surface area contributed by atoms with E-state index in [1.807, 2.05) is 42.5 Å². The Morgan fingerprint density at radius 1 is 1.04 bits per heavy atom. The Morgan fingerprint density at radius 2 is 1.70 bits per heavy atom. The normalized spacial score (nSPS) is 13.2. The van der Waals surface area contributed by atoms with Crippen molar-refractivity contribution >= 4 is 5.91 Å². The van der Waals surface area contributed by atoms with Crippen molar-refractivity contribution in [1.29, 1.82) is 0 Å². The first-order valence-corrected chi connectivity index (χ1v) is 8.19. The summed E-state index contributed by atoms with van der Waals surface area (Å²) in [6, 6.07) is 18.0. The van der Waals surface area contributed by atoms with Crippen LogP contribution in [-0.2, 0) is 11.2 Å². The molecule has 23 heavy (non-hydrogen) atoms. The molecule has 0 heterocycles. The first kappa shape index (κ1) is 17.1. The molecule has 0 aliphatic rings. The lowest BCUT2D eigenvalue weighted by molar-refractivity contribution is -0.127. The molecule has 0 aromatic heterocycles. The van der Waals surface area contributed by atoms with Crippen molar-refractivity contribution in [3.8, 4) is 5.75 Å². The van der Waals surface area contributed by atoms with Crippen LogP contribution < -0.4 is 10.1 Å². The minimum absolute atomic E-state index is 0.0845. The van der Waals surface area contributed by atoms with Gasteiger partial charge in [0, 0.05) is 6.54 Å². The van der Waals surface area contributed by atoms with Gasteiger partial charge < -0.3 is 10.1 Å². The molecule has 2 rings (SSSR count). The lowest BCUT2D eigenvalue weighted by atomic mass is 10.0. The first-order chi connectivity index (χ1) is 11.1. The largest absolute Gasteiger partial charge is 0.481 e. The molecule has 0 bridgehead atoms. The second-order valence-corrected chi connectivity index (χ2v) is 5.78. The van der Waals surface area contributed by atoms with Gasteiger partial charge in [0.1, 0.15) is 5.75 Å². The molecule has 0 saturated carbocycles. The van der Waals surface area contributed by atoms with Crippen LogP contribution in [0.1, 0.15) is 37.8 Å². The van der Waals surface area contributed by atoms with E-state index in [2.05, 4.69) is 31.3 Å². The molecule has 0 unspecified atom stereocenters. The molecule has 1 N–H and O–H groups in total. The fourth-order valence-corrected chi connectivity index (χ4v) is 2.45. The highest BCUT2D eigenvalue weighted by molar-refractivity contribution is 5.80. The maximum absolute atomic E-state index is 12.2. The molecule has 2 aromatic carbocycles. The fraction of sp³-hybridized carbons (Fsp3) is 0.350. The summed E-state index contributed by atoms with van der Waals surface area (Å²) >= 11 is 0. The summed E-state index contributed by atoms with van der Waals surface area (Å²) in [5, 5.41) is 2.97. The number of carbonyl (C=O) groups excluding carboxylic acids is 1. The molecule has 122 valence electrons. The number of carbonyl (C=O) groups is 1. The Morgan fingerprint density at radius 3 is 2.39 bits per heavy atom. The zero-order chi connectivity index (χ0) is 16.7. The third-order valence-corrected chi connectivity index (χ3v) is 3.98. The van der Waals surface area contributed by atoms with Crippen molar-refractivity contribution in [2.75, 3.05) is 6.54 Å². The van der Waals surface area contributed by atoms with Crippen LogP contribution in [0.15, 0.2) is 54.6 Å². The van der Waals surface area contributed by atoms with Gasteiger partial charge in [-0.2, -0.15) is 0 Å². The maximum Gasteiger partial charge on any atom is 0.260 e. The summed E-state index contributed by atoms with van der Waals surface area (Å²) in [6.45, 7) is 6.57. The molecule has 3 nitrogen and oxygen atoms in total. The minimum atomic E-state index is -0.509. The summed E-state index contributed by atoms with van der Waals surface area (Å²) in [4.78, 5) is 12.2. The van der Waals surface area contributed by atoms with Crippen LogP contribution in [0.4, 0.5) is 0 Å². The van der Waals surface area contributed by atoms with Crippen molar-refractivity contribution in [2.45, 2.75) is 39.2 Å². The van der Waals surface area contributed by atoms with E-state index in [0.717, 1.165) is 17.7 Å². The lowest BCUT2D eigenvalue weighted by Gasteiger charge is -2.18. The zero-order valence-electron chi connectivity index (χ0n) is 14.1. The lowest BCUT2D eigenvalue weighted by Crippen LogP contribution is -2.38. The minimum Gasteiger partial charge on any atom is -0.481 e. The number of hydrogen-bond donors (Lipinski definition) is 1. The van der Waals surface area contributed by atoms with E-state index < -0.39 is 6.10 Å². The molecule has 0 spiro atoms. The molecule has 2 aromatic rings. The summed E-state index contributed by atoms with van der Waals surface area (Å²) < 4.78 is 5.82. The third kappa shape index (κ3) is 4.85. The standard InChI is InChI=1S/C20H25NO2/c1-4-17-10-8-9-13-19(17)23-16(3)20(22)21-14-15(2)18-11-6-5-7-12-18/h5-13,15-16H,4,14H2,1-3H3,(H,21,22)/t15-,16+/m1/s1. The Kier molecular flexibility index (Phi) is 6.21. The number of aryl methyl sites for hydroxylation is 1. The molecule has 0 saturated heterocycles. The van der Waals surface area contributed by atoms with Gasteiger partial charge in [-0.25, -0.2) is 0 Å². The van der Waals surface area contributed by atoms with E-state index in [1.54, 1.807) is 6.92 Å². The Labute approximate surface area is 138 Å². The predicted molar refractivity (Wildman–Crippen MR) is 93.8 cm³/mol. The summed E-state index contributed by atoms with van der Waals surface area (Å²) in [7, 11) is 0. The zero-order valence-corrected chi connectivity index (χ0v) is 14.1. The van der Waals surface area contributed by atoms with Crippen LogP contribution >= 0.6 is 0 Å². The van der Waals surface area contributed by atoms with Gasteiger partial charge in [0.25, 0.3) is 5.91 Å². The van der Waals surface area contributed by atoms with Gasteiger partial charge in [-0.05, 0) is 36.5 Å². The average Bonchev–Trinajstić information content (AvgIpc) is 2.60. The molecular weight excluding hydrogens is 286 g/mol. The van der Waals surface area contributed by atoms with Crippen LogP contribution in [0.25, 0.3) is 0 Å². The molecule has 1 amide bonds. The first-order valence-electron chi connectivity index (χ1n) is 8.19. The van der Waals surface area contributed by atoms with Crippen LogP contribution in [-0.4, -0.2) is 18.6 Å².